The van der Waals surface area contributed by atoms with Crippen LogP contribution in [-0.4, -0.2) is 16.3 Å². The van der Waals surface area contributed by atoms with Crippen molar-refractivity contribution in [2.75, 3.05) is 5.43 Å². The van der Waals surface area contributed by atoms with E-state index >= 15 is 0 Å². The highest BCUT2D eigenvalue weighted by Crippen LogP contribution is 2.24. The van der Waals surface area contributed by atoms with Crippen LogP contribution >= 0.6 is 11.3 Å². The fourth-order valence-electron chi connectivity index (χ4n) is 1.83. The topological polar surface area (TPSA) is 57.5 Å². The molecule has 2 aromatic carbocycles. The van der Waals surface area contributed by atoms with Gasteiger partial charge in [-0.2, -0.15) is 5.10 Å². The molecule has 3 rings (SSSR count). The number of rotatable bonds is 4. The Balaban J connectivity index is 1.68. The molecule has 0 bridgehead atoms. The van der Waals surface area contributed by atoms with Gasteiger partial charge in [-0.15, -0.1) is 11.3 Å². The zero-order chi connectivity index (χ0) is 14.5. The molecule has 0 radical (unpaired) electrons. The summed E-state index contributed by atoms with van der Waals surface area (Å²) in [6.07, 6.45) is 1.64. The molecule has 1 heterocycles. The molecule has 0 aliphatic heterocycles. The first kappa shape index (κ1) is 13.3. The Morgan fingerprint density at radius 2 is 1.95 bits per heavy atom. The van der Waals surface area contributed by atoms with E-state index in [1.165, 1.54) is 11.3 Å². The summed E-state index contributed by atoms with van der Waals surface area (Å²) >= 11 is 1.50. The van der Waals surface area contributed by atoms with Crippen molar-refractivity contribution >= 4 is 22.7 Å². The van der Waals surface area contributed by atoms with Crippen molar-refractivity contribution in [3.8, 4) is 17.0 Å². The first-order valence-corrected chi connectivity index (χ1v) is 7.28. The highest BCUT2D eigenvalue weighted by Gasteiger charge is 2.02. The van der Waals surface area contributed by atoms with Gasteiger partial charge in [0.2, 0.25) is 5.13 Å². The van der Waals surface area contributed by atoms with Crippen LogP contribution in [0.15, 0.2) is 65.1 Å². The third kappa shape index (κ3) is 3.46. The number of aromatic nitrogens is 1. The number of nitrogens with zero attached hydrogens (tertiary/aromatic N) is 2. The van der Waals surface area contributed by atoms with Crippen molar-refractivity contribution in [2.24, 2.45) is 5.10 Å². The Hall–Kier alpha value is -2.66. The molecule has 4 nitrogen and oxygen atoms in total. The van der Waals surface area contributed by atoms with E-state index in [0.717, 1.165) is 22.0 Å². The van der Waals surface area contributed by atoms with Crippen molar-refractivity contribution in [1.82, 2.24) is 4.98 Å². The summed E-state index contributed by atoms with van der Waals surface area (Å²) in [5.41, 5.74) is 5.73. The highest BCUT2D eigenvalue weighted by molar-refractivity contribution is 7.14. The van der Waals surface area contributed by atoms with Gasteiger partial charge in [0.05, 0.1) is 11.9 Å². The number of benzene rings is 2. The lowest BCUT2D eigenvalue weighted by Gasteiger charge is -1.96. The second kappa shape index (κ2) is 6.19. The molecule has 21 heavy (non-hydrogen) atoms. The van der Waals surface area contributed by atoms with E-state index in [1.54, 1.807) is 24.4 Å². The van der Waals surface area contributed by atoms with E-state index in [1.807, 2.05) is 41.8 Å². The molecule has 0 amide bonds. The highest BCUT2D eigenvalue weighted by atomic mass is 32.1. The Morgan fingerprint density at radius 3 is 2.76 bits per heavy atom. The van der Waals surface area contributed by atoms with Gasteiger partial charge in [0.25, 0.3) is 0 Å². The number of phenolic OH excluding ortho intramolecular Hbond substituents is 1. The van der Waals surface area contributed by atoms with Crippen LogP contribution in [0.1, 0.15) is 5.56 Å². The van der Waals surface area contributed by atoms with Gasteiger partial charge in [0.15, 0.2) is 0 Å². The smallest absolute Gasteiger partial charge is 0.203 e. The van der Waals surface area contributed by atoms with E-state index in [4.69, 9.17) is 0 Å². The average molecular weight is 295 g/mol. The van der Waals surface area contributed by atoms with E-state index in [0.29, 0.717) is 0 Å². The van der Waals surface area contributed by atoms with Crippen molar-refractivity contribution in [3.05, 3.63) is 65.5 Å². The van der Waals surface area contributed by atoms with Gasteiger partial charge in [0, 0.05) is 10.9 Å². The molecular formula is C16H13N3OS. The summed E-state index contributed by atoms with van der Waals surface area (Å²) < 4.78 is 0. The minimum atomic E-state index is 0.222. The van der Waals surface area contributed by atoms with Gasteiger partial charge < -0.3 is 5.11 Å². The molecule has 0 spiro atoms. The second-order valence-corrected chi connectivity index (χ2v) is 5.23. The van der Waals surface area contributed by atoms with Crippen molar-refractivity contribution < 1.29 is 5.11 Å². The summed E-state index contributed by atoms with van der Waals surface area (Å²) in [6.45, 7) is 0. The van der Waals surface area contributed by atoms with E-state index in [-0.39, 0.29) is 5.75 Å². The van der Waals surface area contributed by atoms with Gasteiger partial charge in [-0.1, -0.05) is 42.5 Å². The van der Waals surface area contributed by atoms with Crippen LogP contribution in [0.3, 0.4) is 0 Å². The van der Waals surface area contributed by atoms with Crippen LogP contribution in [0.25, 0.3) is 11.3 Å². The Labute approximate surface area is 126 Å². The van der Waals surface area contributed by atoms with Crippen LogP contribution in [-0.2, 0) is 0 Å². The maximum absolute atomic E-state index is 9.37. The van der Waals surface area contributed by atoms with Crippen molar-refractivity contribution in [3.63, 3.8) is 0 Å². The number of aromatic hydroxyl groups is 1. The lowest BCUT2D eigenvalue weighted by atomic mass is 10.2. The number of thiazole rings is 1. The third-order valence-corrected chi connectivity index (χ3v) is 3.56. The molecule has 104 valence electrons. The minimum Gasteiger partial charge on any atom is -0.508 e. The van der Waals surface area contributed by atoms with Gasteiger partial charge in [-0.05, 0) is 17.7 Å². The number of hydrogen-bond acceptors (Lipinski definition) is 5. The number of hydrazone groups is 1. The van der Waals surface area contributed by atoms with E-state index < -0.39 is 0 Å². The zero-order valence-corrected chi connectivity index (χ0v) is 11.9. The van der Waals surface area contributed by atoms with E-state index in [2.05, 4.69) is 15.5 Å². The lowest BCUT2D eigenvalue weighted by Crippen LogP contribution is -1.90. The Morgan fingerprint density at radius 1 is 1.10 bits per heavy atom. The largest absolute Gasteiger partial charge is 0.508 e. The van der Waals surface area contributed by atoms with Gasteiger partial charge in [0.1, 0.15) is 5.75 Å². The quantitative estimate of drug-likeness (QED) is 0.566. The molecule has 3 aromatic rings. The van der Waals surface area contributed by atoms with E-state index in [9.17, 15) is 5.11 Å². The van der Waals surface area contributed by atoms with Crippen LogP contribution in [0, 0.1) is 0 Å². The standard InChI is InChI=1S/C16H13N3OS/c20-14-8-4-5-12(9-14)10-17-19-16-18-15(11-21-16)13-6-2-1-3-7-13/h1-11,20H,(H,18,19)/b17-10-. The van der Waals surface area contributed by atoms with Crippen LogP contribution in [0.2, 0.25) is 0 Å². The molecule has 2 N–H and O–H groups in total. The molecule has 5 heteroatoms. The summed E-state index contributed by atoms with van der Waals surface area (Å²) in [5, 5.41) is 16.2. The van der Waals surface area contributed by atoms with Gasteiger partial charge in [-0.3, -0.25) is 5.43 Å². The summed E-state index contributed by atoms with van der Waals surface area (Å²) in [4.78, 5) is 4.47. The molecule has 0 saturated carbocycles. The SMILES string of the molecule is Oc1cccc(/C=N\Nc2nc(-c3ccccc3)cs2)c1. The normalized spacial score (nSPS) is 10.9. The van der Waals surface area contributed by atoms with Crippen LogP contribution in [0.4, 0.5) is 5.13 Å². The number of nitrogens with one attached hydrogen (secondary N) is 1. The summed E-state index contributed by atoms with van der Waals surface area (Å²) in [5.74, 6) is 0.222. The number of phenols is 1. The minimum absolute atomic E-state index is 0.222. The van der Waals surface area contributed by atoms with Crippen LogP contribution in [0.5, 0.6) is 5.75 Å². The zero-order valence-electron chi connectivity index (χ0n) is 11.1. The molecule has 0 aliphatic rings. The molecule has 0 aliphatic carbocycles. The first-order valence-electron chi connectivity index (χ1n) is 6.40. The summed E-state index contributed by atoms with van der Waals surface area (Å²) in [6, 6.07) is 16.9. The molecule has 0 saturated heterocycles. The fourth-order valence-corrected chi connectivity index (χ4v) is 2.50. The number of anilines is 1. The predicted octanol–water partition coefficient (Wildman–Crippen LogP) is 3.96. The maximum atomic E-state index is 9.37. The monoisotopic (exact) mass is 295 g/mol. The van der Waals surface area contributed by atoms with Crippen LogP contribution < -0.4 is 5.43 Å². The first-order chi connectivity index (χ1) is 10.3. The molecule has 1 aromatic heterocycles. The summed E-state index contributed by atoms with van der Waals surface area (Å²) in [7, 11) is 0. The predicted molar refractivity (Wildman–Crippen MR) is 86.9 cm³/mol. The average Bonchev–Trinajstić information content (AvgIpc) is 2.97. The van der Waals surface area contributed by atoms with Gasteiger partial charge in [-0.25, -0.2) is 4.98 Å². The van der Waals surface area contributed by atoms with Crippen molar-refractivity contribution in [1.29, 1.82) is 0 Å². The Bertz CT molecular complexity index is 753. The Kier molecular flexibility index (Phi) is 3.93. The second-order valence-electron chi connectivity index (χ2n) is 4.37. The fraction of sp³-hybridized carbons (Fsp3) is 0. The van der Waals surface area contributed by atoms with Crippen molar-refractivity contribution in [2.45, 2.75) is 0 Å². The maximum Gasteiger partial charge on any atom is 0.203 e. The third-order valence-electron chi connectivity index (χ3n) is 2.82. The molecule has 0 fully saturated rings. The number of hydrogen-bond donors (Lipinski definition) is 2. The van der Waals surface area contributed by atoms with Gasteiger partial charge >= 0.3 is 0 Å². The lowest BCUT2D eigenvalue weighted by molar-refractivity contribution is 0.475. The molecule has 0 unspecified atom stereocenters. The molecule has 0 atom stereocenters. The molecular weight excluding hydrogens is 282 g/mol.